The van der Waals surface area contributed by atoms with Crippen molar-refractivity contribution < 1.29 is 14.4 Å². The number of imide groups is 1. The summed E-state index contributed by atoms with van der Waals surface area (Å²) in [6, 6.07) is 6.46. The molecule has 3 saturated heterocycles. The van der Waals surface area contributed by atoms with Crippen molar-refractivity contribution in [2.24, 2.45) is 5.92 Å². The highest BCUT2D eigenvalue weighted by molar-refractivity contribution is 6.05. The van der Waals surface area contributed by atoms with E-state index in [0.717, 1.165) is 43.3 Å². The molecule has 4 aliphatic heterocycles. The third-order valence-electron chi connectivity index (χ3n) is 7.90. The molecule has 2 N–H and O–H groups in total. The van der Waals surface area contributed by atoms with Crippen LogP contribution in [0.5, 0.6) is 0 Å². The second kappa shape index (κ2) is 9.06. The summed E-state index contributed by atoms with van der Waals surface area (Å²) in [5.74, 6) is 0.0527. The largest absolute Gasteiger partial charge is 0.368 e. The fraction of sp³-hybridized carbons (Fsp3) is 0.640. The number of amides is 3. The van der Waals surface area contributed by atoms with E-state index >= 15 is 0 Å². The smallest absolute Gasteiger partial charge is 0.255 e. The molecule has 4 heterocycles. The molecule has 0 aromatic heterocycles. The molecule has 0 spiro atoms. The number of carbonyl (C=O) groups is 3. The van der Waals surface area contributed by atoms with Gasteiger partial charge in [0.1, 0.15) is 6.04 Å². The number of anilines is 1. The van der Waals surface area contributed by atoms with Crippen molar-refractivity contribution in [1.82, 2.24) is 20.4 Å². The van der Waals surface area contributed by atoms with Gasteiger partial charge in [0.2, 0.25) is 11.8 Å². The van der Waals surface area contributed by atoms with Gasteiger partial charge in [0, 0.05) is 55.9 Å². The maximum absolute atomic E-state index is 13.0. The number of benzene rings is 1. The first kappa shape index (κ1) is 22.3. The molecule has 0 radical (unpaired) electrons. The van der Waals surface area contributed by atoms with Crippen LogP contribution in [0.25, 0.3) is 0 Å². The molecule has 0 bridgehead atoms. The first-order valence-electron chi connectivity index (χ1n) is 12.4. The average molecular weight is 454 g/mol. The molecular weight excluding hydrogens is 418 g/mol. The molecule has 0 saturated carbocycles. The van der Waals surface area contributed by atoms with Crippen LogP contribution in [-0.2, 0) is 16.1 Å². The van der Waals surface area contributed by atoms with Crippen molar-refractivity contribution in [3.8, 4) is 0 Å². The Labute approximate surface area is 195 Å². The van der Waals surface area contributed by atoms with Crippen molar-refractivity contribution in [2.75, 3.05) is 37.6 Å². The Morgan fingerprint density at radius 2 is 1.73 bits per heavy atom. The minimum atomic E-state index is -0.565. The van der Waals surface area contributed by atoms with Crippen LogP contribution in [0.3, 0.4) is 0 Å². The van der Waals surface area contributed by atoms with E-state index in [4.69, 9.17) is 0 Å². The van der Waals surface area contributed by atoms with Gasteiger partial charge in [-0.2, -0.15) is 0 Å². The molecule has 5 rings (SSSR count). The van der Waals surface area contributed by atoms with Crippen LogP contribution in [0, 0.1) is 5.92 Å². The van der Waals surface area contributed by atoms with Crippen LogP contribution >= 0.6 is 0 Å². The maximum Gasteiger partial charge on any atom is 0.255 e. The topological polar surface area (TPSA) is 85.0 Å². The molecule has 0 aliphatic carbocycles. The molecule has 1 aromatic rings. The van der Waals surface area contributed by atoms with E-state index < -0.39 is 6.04 Å². The molecule has 3 amide bonds. The summed E-state index contributed by atoms with van der Waals surface area (Å²) in [7, 11) is 0. The van der Waals surface area contributed by atoms with Crippen molar-refractivity contribution in [1.29, 1.82) is 0 Å². The lowest BCUT2D eigenvalue weighted by Crippen LogP contribution is -2.58. The molecule has 3 unspecified atom stereocenters. The van der Waals surface area contributed by atoms with Crippen LogP contribution in [-0.4, -0.2) is 78.4 Å². The Bertz CT molecular complexity index is 932. The fourth-order valence-electron chi connectivity index (χ4n) is 6.05. The number of carbonyl (C=O) groups excluding carboxylic acids is 3. The van der Waals surface area contributed by atoms with Crippen LogP contribution in [0.1, 0.15) is 55.5 Å². The number of hydrogen-bond acceptors (Lipinski definition) is 6. The monoisotopic (exact) mass is 453 g/mol. The van der Waals surface area contributed by atoms with Crippen LogP contribution in [0.15, 0.2) is 18.2 Å². The minimum Gasteiger partial charge on any atom is -0.368 e. The van der Waals surface area contributed by atoms with Gasteiger partial charge in [-0.25, -0.2) is 0 Å². The maximum atomic E-state index is 13.0. The highest BCUT2D eigenvalue weighted by Gasteiger charge is 2.39. The third kappa shape index (κ3) is 4.38. The van der Waals surface area contributed by atoms with Gasteiger partial charge in [0.05, 0.1) is 0 Å². The van der Waals surface area contributed by atoms with E-state index in [1.165, 1.54) is 19.4 Å². The normalized spacial score (nSPS) is 29.4. The number of piperidine rings is 2. The van der Waals surface area contributed by atoms with E-state index in [-0.39, 0.29) is 24.1 Å². The van der Waals surface area contributed by atoms with Gasteiger partial charge in [-0.05, 0) is 75.9 Å². The van der Waals surface area contributed by atoms with Gasteiger partial charge in [-0.15, -0.1) is 0 Å². The zero-order chi connectivity index (χ0) is 23.1. The van der Waals surface area contributed by atoms with Crippen molar-refractivity contribution in [3.05, 3.63) is 29.3 Å². The van der Waals surface area contributed by atoms with Gasteiger partial charge in [0.25, 0.3) is 5.91 Å². The Morgan fingerprint density at radius 3 is 2.42 bits per heavy atom. The number of nitrogens with zero attached hydrogens (tertiary/aromatic N) is 3. The zero-order valence-corrected chi connectivity index (χ0v) is 19.7. The van der Waals surface area contributed by atoms with E-state index in [1.54, 1.807) is 4.90 Å². The summed E-state index contributed by atoms with van der Waals surface area (Å²) in [6.07, 6.45) is 3.20. The zero-order valence-electron chi connectivity index (χ0n) is 19.7. The summed E-state index contributed by atoms with van der Waals surface area (Å²) in [6.45, 7) is 10.5. The molecule has 8 nitrogen and oxygen atoms in total. The van der Waals surface area contributed by atoms with Crippen LogP contribution in [0.4, 0.5) is 5.69 Å². The van der Waals surface area contributed by atoms with Gasteiger partial charge in [-0.3, -0.25) is 24.6 Å². The van der Waals surface area contributed by atoms with Gasteiger partial charge < -0.3 is 15.1 Å². The quantitative estimate of drug-likeness (QED) is 0.670. The summed E-state index contributed by atoms with van der Waals surface area (Å²) in [4.78, 5) is 43.5. The highest BCUT2D eigenvalue weighted by Crippen LogP contribution is 2.32. The third-order valence-corrected chi connectivity index (χ3v) is 7.90. The first-order valence-corrected chi connectivity index (χ1v) is 12.4. The Balaban J connectivity index is 1.26. The van der Waals surface area contributed by atoms with Crippen LogP contribution in [0.2, 0.25) is 0 Å². The Morgan fingerprint density at radius 1 is 1.00 bits per heavy atom. The highest BCUT2D eigenvalue weighted by atomic mass is 16.2. The molecule has 3 atom stereocenters. The number of nitrogens with one attached hydrogen (secondary N) is 2. The number of hydrogen-bond donors (Lipinski definition) is 2. The van der Waals surface area contributed by atoms with Crippen molar-refractivity contribution in [3.63, 3.8) is 0 Å². The second-order valence-corrected chi connectivity index (χ2v) is 10.2. The van der Waals surface area contributed by atoms with Gasteiger partial charge >= 0.3 is 0 Å². The van der Waals surface area contributed by atoms with Crippen molar-refractivity contribution in [2.45, 2.75) is 64.2 Å². The Kier molecular flexibility index (Phi) is 6.14. The van der Waals surface area contributed by atoms with Crippen molar-refractivity contribution >= 4 is 23.4 Å². The molecule has 4 aliphatic rings. The number of fused-ring (bicyclic) bond motifs is 1. The lowest BCUT2D eigenvalue weighted by atomic mass is 9.95. The van der Waals surface area contributed by atoms with Gasteiger partial charge in [0.15, 0.2) is 0 Å². The molecule has 3 fully saturated rings. The van der Waals surface area contributed by atoms with E-state index in [9.17, 15) is 14.4 Å². The van der Waals surface area contributed by atoms with E-state index in [2.05, 4.69) is 40.3 Å². The summed E-state index contributed by atoms with van der Waals surface area (Å²) < 4.78 is 0. The summed E-state index contributed by atoms with van der Waals surface area (Å²) >= 11 is 0. The molecule has 1 aromatic carbocycles. The molecular formula is C25H35N5O3. The SMILES string of the molecule is CC1CN(c2ccc3c(c2)CN(C2CCC(=O)NC2=O)C3=O)CC(C)N1CC1CCNCC1. The fourth-order valence-corrected chi connectivity index (χ4v) is 6.05. The number of rotatable bonds is 4. The van der Waals surface area contributed by atoms with Gasteiger partial charge in [-0.1, -0.05) is 0 Å². The lowest BCUT2D eigenvalue weighted by Gasteiger charge is -2.47. The molecule has 33 heavy (non-hydrogen) atoms. The molecule has 8 heteroatoms. The summed E-state index contributed by atoms with van der Waals surface area (Å²) in [5.41, 5.74) is 2.79. The minimum absolute atomic E-state index is 0.112. The Hall–Kier alpha value is -2.45. The average Bonchev–Trinajstić information content (AvgIpc) is 3.12. The standard InChI is InChI=1S/C25H35N5O3/c1-16-12-28(13-17(2)29(16)14-18-7-9-26-10-8-18)20-3-4-21-19(11-20)15-30(25(21)33)22-5-6-23(31)27-24(22)32/h3-4,11,16-18,22,26H,5-10,12-15H2,1-2H3,(H,27,31,32). The summed E-state index contributed by atoms with van der Waals surface area (Å²) in [5, 5.41) is 5.84. The first-order chi connectivity index (χ1) is 15.9. The predicted octanol–water partition coefficient (Wildman–Crippen LogP) is 1.35. The van der Waals surface area contributed by atoms with E-state index in [1.807, 2.05) is 12.1 Å². The predicted molar refractivity (Wildman–Crippen MR) is 126 cm³/mol. The van der Waals surface area contributed by atoms with E-state index in [0.29, 0.717) is 30.6 Å². The van der Waals surface area contributed by atoms with Crippen LogP contribution < -0.4 is 15.5 Å². The number of piperazine rings is 1. The second-order valence-electron chi connectivity index (χ2n) is 10.2. The molecule has 178 valence electrons. The lowest BCUT2D eigenvalue weighted by molar-refractivity contribution is -0.136.